The Bertz CT molecular complexity index is 1340. The van der Waals surface area contributed by atoms with Gasteiger partial charge in [-0.3, -0.25) is 5.32 Å². The van der Waals surface area contributed by atoms with Gasteiger partial charge in [0.15, 0.2) is 0 Å². The van der Waals surface area contributed by atoms with Crippen LogP contribution in [0.25, 0.3) is 6.08 Å². The van der Waals surface area contributed by atoms with Gasteiger partial charge in [-0.05, 0) is 62.4 Å². The quantitative estimate of drug-likeness (QED) is 0.485. The molecule has 0 radical (unpaired) electrons. The van der Waals surface area contributed by atoms with Gasteiger partial charge in [-0.25, -0.2) is 4.79 Å². The van der Waals surface area contributed by atoms with E-state index in [1.165, 1.54) is 16.7 Å². The first-order valence-electron chi connectivity index (χ1n) is 10.3. The Morgan fingerprint density at radius 1 is 1.18 bits per heavy atom. The zero-order valence-corrected chi connectivity index (χ0v) is 19.5. The first kappa shape index (κ1) is 24.5. The van der Waals surface area contributed by atoms with Crippen LogP contribution < -0.4 is 5.32 Å². The first-order chi connectivity index (χ1) is 16.3. The second kappa shape index (κ2) is 11.2. The summed E-state index contributed by atoms with van der Waals surface area (Å²) in [6.45, 7) is 5.60. The second-order valence-corrected chi connectivity index (χ2v) is 7.99. The number of halogens is 1. The van der Waals surface area contributed by atoms with Crippen LogP contribution in [-0.2, 0) is 20.7 Å². The maximum absolute atomic E-state index is 12.4. The molecular weight excluding hydrogens is 456 g/mol. The van der Waals surface area contributed by atoms with E-state index in [1.807, 2.05) is 24.3 Å². The maximum Gasteiger partial charge on any atom is 0.412 e. The van der Waals surface area contributed by atoms with Crippen molar-refractivity contribution in [3.63, 3.8) is 0 Å². The van der Waals surface area contributed by atoms with Crippen LogP contribution >= 0.6 is 11.6 Å². The van der Waals surface area contributed by atoms with E-state index in [0.29, 0.717) is 16.4 Å². The Balaban J connectivity index is 0.00000103. The third-order valence-electron chi connectivity index (χ3n) is 5.05. The van der Waals surface area contributed by atoms with Gasteiger partial charge in [0.1, 0.15) is 17.5 Å². The molecule has 7 nitrogen and oxygen atoms in total. The van der Waals surface area contributed by atoms with E-state index in [9.17, 15) is 4.79 Å². The van der Waals surface area contributed by atoms with Crippen molar-refractivity contribution in [3.05, 3.63) is 86.8 Å². The molecule has 1 heterocycles. The highest BCUT2D eigenvalue weighted by Crippen LogP contribution is 2.27. The summed E-state index contributed by atoms with van der Waals surface area (Å²) in [5.41, 5.74) is 6.33. The lowest BCUT2D eigenvalue weighted by atomic mass is 10.1. The summed E-state index contributed by atoms with van der Waals surface area (Å²) in [5.74, 6) is 6.33. The number of aromatic nitrogens is 1. The molecule has 2 aromatic carbocycles. The molecule has 1 amide bonds. The maximum atomic E-state index is 12.4. The molecule has 1 aliphatic carbocycles. The van der Waals surface area contributed by atoms with Gasteiger partial charge in [0.25, 0.3) is 0 Å². The summed E-state index contributed by atoms with van der Waals surface area (Å²) in [7, 11) is 0. The van der Waals surface area contributed by atoms with E-state index < -0.39 is 12.2 Å². The number of fused-ring (bicyclic) bond motifs is 1. The topological polar surface area (TPSA) is 98.5 Å². The smallest absolute Gasteiger partial charge is 0.412 e. The van der Waals surface area contributed by atoms with E-state index >= 15 is 0 Å². The third kappa shape index (κ3) is 6.02. The Labute approximate surface area is 201 Å². The summed E-state index contributed by atoms with van der Waals surface area (Å²) in [4.78, 5) is 28.7. The lowest BCUT2D eigenvalue weighted by molar-refractivity contribution is -0.191. The Hall–Kier alpha value is -4.11. The zero-order chi connectivity index (χ0) is 24.7. The summed E-state index contributed by atoms with van der Waals surface area (Å²) < 4.78 is 10.8. The van der Waals surface area contributed by atoms with Crippen LogP contribution in [0.5, 0.6) is 0 Å². The molecule has 0 spiro atoms. The van der Waals surface area contributed by atoms with E-state index in [0.717, 1.165) is 17.5 Å². The molecule has 0 bridgehead atoms. The first-order valence-corrected chi connectivity index (χ1v) is 10.7. The van der Waals surface area contributed by atoms with Gasteiger partial charge in [0.2, 0.25) is 5.76 Å². The summed E-state index contributed by atoms with van der Waals surface area (Å²) in [5, 5.41) is 7.15. The van der Waals surface area contributed by atoms with Crippen molar-refractivity contribution in [2.45, 2.75) is 33.3 Å². The van der Waals surface area contributed by atoms with Crippen LogP contribution in [-0.4, -0.2) is 17.4 Å². The highest BCUT2D eigenvalue weighted by atomic mass is 35.5. The van der Waals surface area contributed by atoms with E-state index in [-0.39, 0.29) is 11.9 Å². The van der Waals surface area contributed by atoms with Crippen LogP contribution in [0, 0.1) is 18.8 Å². The van der Waals surface area contributed by atoms with Crippen LogP contribution in [0.1, 0.15) is 53.7 Å². The second-order valence-electron chi connectivity index (χ2n) is 7.58. The number of ether oxygens (including phenoxy) is 1. The number of nitrogens with zero attached hydrogens (tertiary/aromatic N) is 1. The Morgan fingerprint density at radius 2 is 1.91 bits per heavy atom. The molecule has 0 saturated carbocycles. The van der Waals surface area contributed by atoms with Crippen molar-refractivity contribution in [3.8, 4) is 11.8 Å². The van der Waals surface area contributed by atoms with Crippen LogP contribution in [0.15, 0.2) is 52.6 Å². The molecule has 1 aromatic heterocycles. The molecule has 0 fully saturated rings. The van der Waals surface area contributed by atoms with Crippen molar-refractivity contribution in [1.82, 2.24) is 5.16 Å². The molecule has 4 rings (SSSR count). The number of hydrogen-bond acceptors (Lipinski definition) is 6. The predicted molar refractivity (Wildman–Crippen MR) is 126 cm³/mol. The largest absolute Gasteiger partial charge is 0.441 e. The van der Waals surface area contributed by atoms with E-state index in [4.69, 9.17) is 30.4 Å². The SMILES string of the molecule is CC1=Cc2ccc(C#Cc3onc(C)c3NC(=O)OC(C)c3ccccc3Cl)cc2C1.O=C=O. The van der Waals surface area contributed by atoms with Gasteiger partial charge in [-0.1, -0.05) is 58.6 Å². The minimum atomic E-state index is -0.638. The van der Waals surface area contributed by atoms with Gasteiger partial charge in [0, 0.05) is 16.1 Å². The average Bonchev–Trinajstić information content (AvgIpc) is 3.34. The zero-order valence-electron chi connectivity index (χ0n) is 18.8. The minimum absolute atomic E-state index is 0.250. The van der Waals surface area contributed by atoms with Crippen molar-refractivity contribution in [2.75, 3.05) is 5.32 Å². The third-order valence-corrected chi connectivity index (χ3v) is 5.40. The normalized spacial score (nSPS) is 12.1. The molecule has 0 saturated heterocycles. The number of carbonyl (C=O) groups is 1. The van der Waals surface area contributed by atoms with Crippen LogP contribution in [0.3, 0.4) is 0 Å². The van der Waals surface area contributed by atoms with Crippen molar-refractivity contribution in [1.29, 1.82) is 0 Å². The lowest BCUT2D eigenvalue weighted by Gasteiger charge is -2.15. The fourth-order valence-electron chi connectivity index (χ4n) is 3.49. The Kier molecular flexibility index (Phi) is 8.05. The van der Waals surface area contributed by atoms with Gasteiger partial charge < -0.3 is 9.26 Å². The monoisotopic (exact) mass is 476 g/mol. The molecule has 1 atom stereocenters. The van der Waals surface area contributed by atoms with Crippen molar-refractivity contribution >= 4 is 35.6 Å². The lowest BCUT2D eigenvalue weighted by Crippen LogP contribution is -2.17. The average molecular weight is 477 g/mol. The molecule has 1 unspecified atom stereocenters. The molecule has 3 aromatic rings. The highest BCUT2D eigenvalue weighted by Gasteiger charge is 2.19. The summed E-state index contributed by atoms with van der Waals surface area (Å²) in [6, 6.07) is 13.3. The summed E-state index contributed by atoms with van der Waals surface area (Å²) >= 11 is 6.18. The number of carbonyl (C=O) groups excluding carboxylic acids is 3. The van der Waals surface area contributed by atoms with Gasteiger partial charge >= 0.3 is 12.2 Å². The van der Waals surface area contributed by atoms with E-state index in [1.54, 1.807) is 19.9 Å². The molecule has 34 heavy (non-hydrogen) atoms. The van der Waals surface area contributed by atoms with Crippen LogP contribution in [0.4, 0.5) is 10.5 Å². The number of allylic oxidation sites excluding steroid dienone is 1. The number of hydrogen-bond donors (Lipinski definition) is 1. The fraction of sp³-hybridized carbons (Fsp3) is 0.192. The predicted octanol–water partition coefficient (Wildman–Crippen LogP) is 5.72. The molecular formula is C26H21ClN2O5. The molecule has 1 aliphatic rings. The summed E-state index contributed by atoms with van der Waals surface area (Å²) in [6.07, 6.45) is 2.21. The number of amides is 1. The van der Waals surface area contributed by atoms with Gasteiger partial charge in [-0.2, -0.15) is 9.59 Å². The van der Waals surface area contributed by atoms with Crippen molar-refractivity contribution in [2.24, 2.45) is 0 Å². The highest BCUT2D eigenvalue weighted by molar-refractivity contribution is 6.31. The Morgan fingerprint density at radius 3 is 2.65 bits per heavy atom. The number of anilines is 1. The van der Waals surface area contributed by atoms with Gasteiger partial charge in [-0.15, -0.1) is 0 Å². The standard InChI is InChI=1S/C25H21ClN2O3.CO2/c1-15-12-19-10-8-18(14-20(19)13-15)9-11-23-24(16(2)28-31-23)27-25(29)30-17(3)21-6-4-5-7-22(21)26;2-1-3/h4-8,10,12,14,17H,13H2,1-3H3,(H,27,29);. The number of rotatable bonds is 3. The van der Waals surface area contributed by atoms with Gasteiger partial charge in [0.05, 0.1) is 0 Å². The molecule has 1 N–H and O–H groups in total. The fourth-order valence-corrected chi connectivity index (χ4v) is 3.78. The van der Waals surface area contributed by atoms with E-state index in [2.05, 4.69) is 47.4 Å². The van der Waals surface area contributed by atoms with Crippen molar-refractivity contribution < 1.29 is 23.6 Å². The molecule has 8 heteroatoms. The number of benzene rings is 2. The molecule has 172 valence electrons. The number of nitrogens with one attached hydrogen (secondary N) is 1. The molecule has 0 aliphatic heterocycles. The van der Waals surface area contributed by atoms with Crippen LogP contribution in [0.2, 0.25) is 5.02 Å². The number of aryl methyl sites for hydroxylation is 1. The minimum Gasteiger partial charge on any atom is -0.441 e.